The molecule has 0 radical (unpaired) electrons. The monoisotopic (exact) mass is 309 g/mol. The number of hydrogen-bond acceptors (Lipinski definition) is 3. The Kier molecular flexibility index (Phi) is 3.08. The number of hydrogen-bond donors (Lipinski definition) is 2. The van der Waals surface area contributed by atoms with Crippen LogP contribution in [0.2, 0.25) is 0 Å². The topological polar surface area (TPSA) is 57.8 Å². The van der Waals surface area contributed by atoms with Gasteiger partial charge in [-0.05, 0) is 29.5 Å². The first kappa shape index (κ1) is 13.3. The van der Waals surface area contributed by atoms with E-state index in [0.29, 0.717) is 12.2 Å². The van der Waals surface area contributed by atoms with Crippen molar-refractivity contribution in [2.45, 2.75) is 19.3 Å². The van der Waals surface area contributed by atoms with E-state index in [9.17, 15) is 4.79 Å². The molecule has 0 fully saturated rings. The molecule has 1 aliphatic heterocycles. The molecular weight excluding hydrogens is 294 g/mol. The van der Waals surface area contributed by atoms with E-state index in [1.165, 1.54) is 10.4 Å². The van der Waals surface area contributed by atoms with Gasteiger partial charge in [0.15, 0.2) is 5.82 Å². The number of thiophene rings is 1. The molecule has 3 aromatic rings. The highest BCUT2D eigenvalue weighted by atomic mass is 32.1. The average molecular weight is 309 g/mol. The highest BCUT2D eigenvalue weighted by Gasteiger charge is 2.33. The van der Waals surface area contributed by atoms with Gasteiger partial charge in [-0.3, -0.25) is 9.89 Å². The number of rotatable bonds is 2. The van der Waals surface area contributed by atoms with Crippen molar-refractivity contribution >= 4 is 23.1 Å². The molecule has 3 heterocycles. The summed E-state index contributed by atoms with van der Waals surface area (Å²) in [5.74, 6) is 0.752. The maximum absolute atomic E-state index is 12.0. The summed E-state index contributed by atoms with van der Waals surface area (Å²) in [6, 6.07) is 12.2. The highest BCUT2D eigenvalue weighted by Crippen LogP contribution is 2.44. The van der Waals surface area contributed by atoms with Crippen molar-refractivity contribution in [3.63, 3.8) is 0 Å². The number of benzene rings is 1. The second-order valence-electron chi connectivity index (χ2n) is 5.50. The normalized spacial score (nSPS) is 17.1. The minimum Gasteiger partial charge on any atom is -0.309 e. The summed E-state index contributed by atoms with van der Waals surface area (Å²) in [4.78, 5) is 13.3. The van der Waals surface area contributed by atoms with Crippen molar-refractivity contribution in [2.24, 2.45) is 0 Å². The minimum atomic E-state index is 0.0245. The Bertz CT molecular complexity index is 835. The lowest BCUT2D eigenvalue weighted by Gasteiger charge is -2.23. The quantitative estimate of drug-likeness (QED) is 0.754. The van der Waals surface area contributed by atoms with E-state index in [1.54, 1.807) is 11.3 Å². The van der Waals surface area contributed by atoms with Crippen LogP contribution in [-0.4, -0.2) is 16.1 Å². The molecule has 2 N–H and O–H groups in total. The Morgan fingerprint density at radius 3 is 2.77 bits per heavy atom. The van der Waals surface area contributed by atoms with Crippen LogP contribution in [0.15, 0.2) is 41.8 Å². The zero-order valence-electron chi connectivity index (χ0n) is 12.1. The molecule has 2 aromatic heterocycles. The van der Waals surface area contributed by atoms with Crippen LogP contribution in [0.3, 0.4) is 0 Å². The van der Waals surface area contributed by atoms with E-state index >= 15 is 0 Å². The fraction of sp³-hybridized carbons (Fsp3) is 0.176. The number of aryl methyl sites for hydroxylation is 1. The second-order valence-corrected chi connectivity index (χ2v) is 6.45. The molecule has 0 aliphatic carbocycles. The summed E-state index contributed by atoms with van der Waals surface area (Å²) in [5, 5.41) is 12.4. The summed E-state index contributed by atoms with van der Waals surface area (Å²) in [5.41, 5.74) is 4.41. The molecule has 0 bridgehead atoms. The van der Waals surface area contributed by atoms with E-state index in [1.807, 2.05) is 18.2 Å². The Labute approximate surface area is 132 Å². The lowest BCUT2D eigenvalue weighted by Crippen LogP contribution is -2.23. The Balaban J connectivity index is 1.90. The van der Waals surface area contributed by atoms with Gasteiger partial charge in [0.1, 0.15) is 0 Å². The third kappa shape index (κ3) is 2.05. The predicted molar refractivity (Wildman–Crippen MR) is 88.2 cm³/mol. The van der Waals surface area contributed by atoms with E-state index < -0.39 is 0 Å². The van der Waals surface area contributed by atoms with Gasteiger partial charge in [-0.2, -0.15) is 5.10 Å². The number of carbonyl (C=O) groups excluding carboxylic acids is 1. The smallest absolute Gasteiger partial charge is 0.226 e. The van der Waals surface area contributed by atoms with E-state index in [-0.39, 0.29) is 11.8 Å². The zero-order valence-corrected chi connectivity index (χ0v) is 12.9. The van der Waals surface area contributed by atoms with Crippen LogP contribution in [0, 0.1) is 6.92 Å². The molecule has 0 unspecified atom stereocenters. The number of nitrogens with one attached hydrogen (secondary N) is 2. The van der Waals surface area contributed by atoms with Gasteiger partial charge in [0.2, 0.25) is 5.91 Å². The molecule has 5 heteroatoms. The lowest BCUT2D eigenvalue weighted by atomic mass is 9.87. The van der Waals surface area contributed by atoms with Crippen LogP contribution >= 0.6 is 11.3 Å². The van der Waals surface area contributed by atoms with Crippen LogP contribution in [-0.2, 0) is 4.79 Å². The maximum atomic E-state index is 12.0. The molecule has 1 amide bonds. The molecule has 0 saturated heterocycles. The van der Waals surface area contributed by atoms with Crippen LogP contribution < -0.4 is 5.32 Å². The number of amides is 1. The Morgan fingerprint density at radius 1 is 1.23 bits per heavy atom. The van der Waals surface area contributed by atoms with Crippen molar-refractivity contribution in [1.82, 2.24) is 10.2 Å². The van der Waals surface area contributed by atoms with Crippen LogP contribution in [0.4, 0.5) is 5.82 Å². The van der Waals surface area contributed by atoms with Gasteiger partial charge in [0, 0.05) is 22.8 Å². The average Bonchev–Trinajstić information content (AvgIpc) is 3.13. The molecule has 0 saturated carbocycles. The van der Waals surface area contributed by atoms with Crippen LogP contribution in [0.25, 0.3) is 11.3 Å². The van der Waals surface area contributed by atoms with E-state index in [0.717, 1.165) is 16.8 Å². The second kappa shape index (κ2) is 5.10. The first-order valence-corrected chi connectivity index (χ1v) is 8.09. The Hall–Kier alpha value is -2.40. The fourth-order valence-corrected chi connectivity index (χ4v) is 4.08. The van der Waals surface area contributed by atoms with Crippen molar-refractivity contribution < 1.29 is 4.79 Å². The number of fused-ring (bicyclic) bond motifs is 1. The predicted octanol–water partition coefficient (Wildman–Crippen LogP) is 3.92. The van der Waals surface area contributed by atoms with E-state index in [4.69, 9.17) is 0 Å². The van der Waals surface area contributed by atoms with Crippen molar-refractivity contribution in [1.29, 1.82) is 0 Å². The molecule has 4 rings (SSSR count). The van der Waals surface area contributed by atoms with Gasteiger partial charge in [0.25, 0.3) is 0 Å². The lowest BCUT2D eigenvalue weighted by molar-refractivity contribution is -0.116. The first-order valence-electron chi connectivity index (χ1n) is 7.21. The summed E-state index contributed by atoms with van der Waals surface area (Å²) in [7, 11) is 0. The Morgan fingerprint density at radius 2 is 2.05 bits per heavy atom. The zero-order chi connectivity index (χ0) is 15.1. The van der Waals surface area contributed by atoms with Crippen LogP contribution in [0.5, 0.6) is 0 Å². The molecule has 0 spiro atoms. The van der Waals surface area contributed by atoms with Gasteiger partial charge >= 0.3 is 0 Å². The number of H-pyrrole nitrogens is 1. The third-order valence-corrected chi connectivity index (χ3v) is 5.21. The molecule has 1 aromatic carbocycles. The van der Waals surface area contributed by atoms with Gasteiger partial charge in [-0.1, -0.05) is 30.3 Å². The van der Waals surface area contributed by atoms with Crippen LogP contribution in [0.1, 0.15) is 28.3 Å². The summed E-state index contributed by atoms with van der Waals surface area (Å²) < 4.78 is 0. The van der Waals surface area contributed by atoms with Gasteiger partial charge < -0.3 is 5.32 Å². The maximum Gasteiger partial charge on any atom is 0.226 e. The molecule has 110 valence electrons. The summed E-state index contributed by atoms with van der Waals surface area (Å²) in [6.45, 7) is 2.10. The standard InChI is InChI=1S/C17H15N3OS/c1-10-7-8-22-16(10)12-9-13(21)18-17-14(12)15(19-20-17)11-5-3-2-4-6-11/h2-8,12H,9H2,1H3,(H2,18,19,20,21)/t12-/m0/s1. The SMILES string of the molecule is Cc1ccsc1[C@H]1CC(=O)Nc2n[nH]c(-c3ccccc3)c21. The number of carbonyl (C=O) groups is 1. The fourth-order valence-electron chi connectivity index (χ4n) is 3.05. The molecular formula is C17H15N3OS. The van der Waals surface area contributed by atoms with Crippen molar-refractivity contribution in [2.75, 3.05) is 5.32 Å². The molecule has 4 nitrogen and oxygen atoms in total. The number of aromatic amines is 1. The largest absolute Gasteiger partial charge is 0.309 e. The summed E-state index contributed by atoms with van der Waals surface area (Å²) >= 11 is 1.71. The van der Waals surface area contributed by atoms with Gasteiger partial charge in [0.05, 0.1) is 5.69 Å². The van der Waals surface area contributed by atoms with Gasteiger partial charge in [-0.25, -0.2) is 0 Å². The highest BCUT2D eigenvalue weighted by molar-refractivity contribution is 7.10. The number of anilines is 1. The third-order valence-electron chi connectivity index (χ3n) is 4.08. The molecule has 22 heavy (non-hydrogen) atoms. The number of aromatic nitrogens is 2. The molecule has 1 atom stereocenters. The number of nitrogens with zero attached hydrogens (tertiary/aromatic N) is 1. The van der Waals surface area contributed by atoms with Crippen molar-refractivity contribution in [3.8, 4) is 11.3 Å². The minimum absolute atomic E-state index is 0.0245. The first-order chi connectivity index (χ1) is 10.7. The van der Waals surface area contributed by atoms with E-state index in [2.05, 4.69) is 46.0 Å². The molecule has 1 aliphatic rings. The van der Waals surface area contributed by atoms with Gasteiger partial charge in [-0.15, -0.1) is 11.3 Å². The van der Waals surface area contributed by atoms with Crippen molar-refractivity contribution in [3.05, 3.63) is 57.8 Å². The summed E-state index contributed by atoms with van der Waals surface area (Å²) in [6.07, 6.45) is 0.466.